The minimum Gasteiger partial charge on any atom is -0.544 e. The monoisotopic (exact) mass is 218 g/mol. The molecule has 0 amide bonds. The van der Waals surface area contributed by atoms with Gasteiger partial charge in [-0.25, -0.2) is 4.39 Å². The number of hydrogen-bond acceptors (Lipinski definition) is 1. The summed E-state index contributed by atoms with van der Waals surface area (Å²) in [6.07, 6.45) is 0. The summed E-state index contributed by atoms with van der Waals surface area (Å²) in [4.78, 5) is 0. The third-order valence-electron chi connectivity index (χ3n) is 1.26. The summed E-state index contributed by atoms with van der Waals surface area (Å²) in [7, 11) is -1.67. The molecule has 0 N–H and O–H groups in total. The first-order valence-electron chi connectivity index (χ1n) is 4.02. The molecule has 4 heteroatoms. The molecule has 0 aliphatic heterocycles. The second kappa shape index (κ2) is 3.68. The third kappa shape index (κ3) is 3.78. The van der Waals surface area contributed by atoms with Crippen LogP contribution < -0.4 is 4.43 Å². The Morgan fingerprint density at radius 1 is 1.23 bits per heavy atom. The van der Waals surface area contributed by atoms with Gasteiger partial charge in [0.15, 0.2) is 0 Å². The van der Waals surface area contributed by atoms with Crippen LogP contribution >= 0.6 is 11.6 Å². The molecule has 1 nitrogen and oxygen atoms in total. The van der Waals surface area contributed by atoms with E-state index in [0.29, 0.717) is 10.8 Å². The summed E-state index contributed by atoms with van der Waals surface area (Å²) in [5.74, 6) is 0.157. The predicted molar refractivity (Wildman–Crippen MR) is 55.4 cm³/mol. The van der Waals surface area contributed by atoms with Crippen molar-refractivity contribution in [3.63, 3.8) is 0 Å². The SMILES string of the molecule is C[Si](C)(C)Oc1cc(F)cc(Cl)c1. The minimum atomic E-state index is -1.67. The molecule has 0 aliphatic rings. The third-order valence-corrected chi connectivity index (χ3v) is 2.33. The molecule has 0 aromatic heterocycles. The lowest BCUT2D eigenvalue weighted by Gasteiger charge is -2.19. The minimum absolute atomic E-state index is 0.360. The van der Waals surface area contributed by atoms with E-state index in [9.17, 15) is 4.39 Å². The van der Waals surface area contributed by atoms with Gasteiger partial charge in [-0.05, 0) is 31.8 Å². The van der Waals surface area contributed by atoms with Gasteiger partial charge in [-0.3, -0.25) is 0 Å². The average Bonchev–Trinajstić information content (AvgIpc) is 1.78. The predicted octanol–water partition coefficient (Wildman–Crippen LogP) is 3.69. The molecule has 0 heterocycles. The molecule has 0 saturated heterocycles. The molecule has 0 fully saturated rings. The lowest BCUT2D eigenvalue weighted by molar-refractivity contribution is 0.545. The zero-order chi connectivity index (χ0) is 10.1. The Kier molecular flexibility index (Phi) is 2.98. The maximum absolute atomic E-state index is 12.9. The Bertz CT molecular complexity index is 289. The van der Waals surface area contributed by atoms with Crippen LogP contribution in [0.5, 0.6) is 5.75 Å². The molecule has 0 radical (unpaired) electrons. The fourth-order valence-corrected chi connectivity index (χ4v) is 1.98. The van der Waals surface area contributed by atoms with Crippen molar-refractivity contribution >= 4 is 19.9 Å². The molecular formula is C9H12ClFOSi. The van der Waals surface area contributed by atoms with Crippen LogP contribution in [0.1, 0.15) is 0 Å². The molecular weight excluding hydrogens is 207 g/mol. The van der Waals surface area contributed by atoms with E-state index in [1.165, 1.54) is 12.1 Å². The van der Waals surface area contributed by atoms with Gasteiger partial charge in [-0.1, -0.05) is 11.6 Å². The van der Waals surface area contributed by atoms with E-state index in [1.54, 1.807) is 6.07 Å². The van der Waals surface area contributed by atoms with Crippen LogP contribution in [0.4, 0.5) is 4.39 Å². The fourth-order valence-electron chi connectivity index (χ4n) is 0.941. The summed E-state index contributed by atoms with van der Waals surface area (Å²) in [6.45, 7) is 6.10. The molecule has 0 spiro atoms. The lowest BCUT2D eigenvalue weighted by Crippen LogP contribution is -2.29. The van der Waals surface area contributed by atoms with Crippen molar-refractivity contribution in [1.82, 2.24) is 0 Å². The lowest BCUT2D eigenvalue weighted by atomic mass is 10.3. The Morgan fingerprint density at radius 2 is 1.85 bits per heavy atom. The highest BCUT2D eigenvalue weighted by molar-refractivity contribution is 6.70. The average molecular weight is 219 g/mol. The van der Waals surface area contributed by atoms with Gasteiger partial charge in [-0.2, -0.15) is 0 Å². The highest BCUT2D eigenvalue weighted by Crippen LogP contribution is 2.22. The van der Waals surface area contributed by atoms with E-state index in [2.05, 4.69) is 0 Å². The largest absolute Gasteiger partial charge is 0.544 e. The van der Waals surface area contributed by atoms with Crippen LogP contribution in [-0.4, -0.2) is 8.32 Å². The van der Waals surface area contributed by atoms with Gasteiger partial charge < -0.3 is 4.43 Å². The first kappa shape index (κ1) is 10.5. The van der Waals surface area contributed by atoms with Crippen LogP contribution in [0.2, 0.25) is 24.7 Å². The number of rotatable bonds is 2. The van der Waals surface area contributed by atoms with Gasteiger partial charge in [0.1, 0.15) is 11.6 Å². The molecule has 1 aromatic rings. The van der Waals surface area contributed by atoms with Gasteiger partial charge in [-0.15, -0.1) is 0 Å². The number of hydrogen-bond donors (Lipinski definition) is 0. The molecule has 0 aliphatic carbocycles. The van der Waals surface area contributed by atoms with Crippen LogP contribution in [0.3, 0.4) is 0 Å². The molecule has 1 rings (SSSR count). The molecule has 13 heavy (non-hydrogen) atoms. The van der Waals surface area contributed by atoms with Crippen LogP contribution in [-0.2, 0) is 0 Å². The highest BCUT2D eigenvalue weighted by Gasteiger charge is 2.16. The molecule has 0 saturated carbocycles. The summed E-state index contributed by atoms with van der Waals surface area (Å²) in [5, 5.41) is 0.369. The van der Waals surface area contributed by atoms with Gasteiger partial charge in [0.25, 0.3) is 0 Å². The maximum Gasteiger partial charge on any atom is 0.242 e. The second-order valence-electron chi connectivity index (χ2n) is 3.82. The molecule has 0 bridgehead atoms. The number of benzene rings is 1. The van der Waals surface area contributed by atoms with Crippen molar-refractivity contribution in [2.45, 2.75) is 19.6 Å². The standard InChI is InChI=1S/C9H12ClFOSi/c1-13(2,3)12-9-5-7(10)4-8(11)6-9/h4-6H,1-3H3. The first-order valence-corrected chi connectivity index (χ1v) is 7.80. The van der Waals surface area contributed by atoms with Crippen molar-refractivity contribution in [1.29, 1.82) is 0 Å². The van der Waals surface area contributed by atoms with Gasteiger partial charge in [0.05, 0.1) is 0 Å². The van der Waals surface area contributed by atoms with Gasteiger partial charge >= 0.3 is 0 Å². The quantitative estimate of drug-likeness (QED) is 0.688. The van der Waals surface area contributed by atoms with Crippen LogP contribution in [0.15, 0.2) is 18.2 Å². The Labute approximate surface area is 83.6 Å². The highest BCUT2D eigenvalue weighted by atomic mass is 35.5. The smallest absolute Gasteiger partial charge is 0.242 e. The molecule has 72 valence electrons. The zero-order valence-corrected chi connectivity index (χ0v) is 9.65. The number of halogens is 2. The zero-order valence-electron chi connectivity index (χ0n) is 7.90. The maximum atomic E-state index is 12.9. The van der Waals surface area contributed by atoms with E-state index < -0.39 is 8.32 Å². The van der Waals surface area contributed by atoms with E-state index >= 15 is 0 Å². The Hall–Kier alpha value is -0.543. The second-order valence-corrected chi connectivity index (χ2v) is 8.68. The van der Waals surface area contributed by atoms with E-state index in [1.807, 2.05) is 19.6 Å². The molecule has 1 aromatic carbocycles. The van der Waals surface area contributed by atoms with E-state index in [4.69, 9.17) is 16.0 Å². The normalized spacial score (nSPS) is 11.5. The summed E-state index contributed by atoms with van der Waals surface area (Å²) < 4.78 is 18.4. The van der Waals surface area contributed by atoms with Crippen LogP contribution in [0, 0.1) is 5.82 Å². The topological polar surface area (TPSA) is 9.23 Å². The Balaban J connectivity index is 2.90. The van der Waals surface area contributed by atoms with Gasteiger partial charge in [0.2, 0.25) is 8.32 Å². The first-order chi connectivity index (χ1) is 5.87. The Morgan fingerprint density at radius 3 is 2.31 bits per heavy atom. The molecule has 0 atom stereocenters. The fraction of sp³-hybridized carbons (Fsp3) is 0.333. The van der Waals surface area contributed by atoms with E-state index in [0.717, 1.165) is 0 Å². The van der Waals surface area contributed by atoms with Crippen molar-refractivity contribution in [2.75, 3.05) is 0 Å². The summed E-state index contributed by atoms with van der Waals surface area (Å²) in [5.41, 5.74) is 0. The van der Waals surface area contributed by atoms with Crippen molar-refractivity contribution in [3.8, 4) is 5.75 Å². The van der Waals surface area contributed by atoms with Crippen molar-refractivity contribution in [3.05, 3.63) is 29.0 Å². The summed E-state index contributed by atoms with van der Waals surface area (Å²) >= 11 is 5.67. The van der Waals surface area contributed by atoms with Crippen molar-refractivity contribution in [2.24, 2.45) is 0 Å². The van der Waals surface area contributed by atoms with Crippen molar-refractivity contribution < 1.29 is 8.82 Å². The van der Waals surface area contributed by atoms with Crippen LogP contribution in [0.25, 0.3) is 0 Å². The van der Waals surface area contributed by atoms with Gasteiger partial charge in [0, 0.05) is 11.1 Å². The molecule has 0 unspecified atom stereocenters. The summed E-state index contributed by atoms with van der Waals surface area (Å²) in [6, 6.07) is 4.24. The van der Waals surface area contributed by atoms with E-state index in [-0.39, 0.29) is 5.82 Å².